The van der Waals surface area contributed by atoms with Gasteiger partial charge in [0, 0.05) is 13.1 Å². The van der Waals surface area contributed by atoms with Gasteiger partial charge < -0.3 is 4.90 Å². The predicted octanol–water partition coefficient (Wildman–Crippen LogP) is 3.50. The van der Waals surface area contributed by atoms with Crippen LogP contribution in [0.1, 0.15) is 43.7 Å². The lowest BCUT2D eigenvalue weighted by atomic mass is 9.93. The Morgan fingerprint density at radius 1 is 1.04 bits per heavy atom. The maximum absolute atomic E-state index is 9.01. The lowest BCUT2D eigenvalue weighted by molar-refractivity contribution is 0.117. The normalized spacial score (nSPS) is 22.1. The number of hydrogen-bond donors (Lipinski definition) is 0. The number of piperidine rings is 2. The molecule has 0 unspecified atom stereocenters. The molecule has 0 atom stereocenters. The summed E-state index contributed by atoms with van der Waals surface area (Å²) in [5.74, 6) is 1.81. The summed E-state index contributed by atoms with van der Waals surface area (Å²) >= 11 is 0. The van der Waals surface area contributed by atoms with Gasteiger partial charge in [0.1, 0.15) is 0 Å². The molecule has 0 aromatic heterocycles. The number of nitriles is 1. The van der Waals surface area contributed by atoms with Gasteiger partial charge in [-0.25, -0.2) is 0 Å². The number of benzene rings is 1. The fraction of sp³-hybridized carbons (Fsp3) is 0.650. The molecule has 0 amide bonds. The number of rotatable bonds is 4. The summed E-state index contributed by atoms with van der Waals surface area (Å²) < 4.78 is 0. The Morgan fingerprint density at radius 2 is 1.74 bits per heavy atom. The van der Waals surface area contributed by atoms with E-state index in [1.54, 1.807) is 0 Å². The van der Waals surface area contributed by atoms with E-state index in [-0.39, 0.29) is 0 Å². The number of likely N-dealkylation sites (tertiary alicyclic amines) is 2. The SMILES string of the molecule is CC1CCN(CC2CCN(Cc3cccc(C#N)c3)CC2)CC1. The summed E-state index contributed by atoms with van der Waals surface area (Å²) in [4.78, 5) is 5.24. The first-order chi connectivity index (χ1) is 11.2. The zero-order valence-corrected chi connectivity index (χ0v) is 14.4. The molecule has 0 bridgehead atoms. The second kappa shape index (κ2) is 7.95. The third-order valence-corrected chi connectivity index (χ3v) is 5.56. The van der Waals surface area contributed by atoms with Crippen LogP contribution in [0.5, 0.6) is 0 Å². The Kier molecular flexibility index (Phi) is 5.70. The van der Waals surface area contributed by atoms with Crippen LogP contribution in [-0.4, -0.2) is 42.5 Å². The fourth-order valence-electron chi connectivity index (χ4n) is 3.93. The minimum Gasteiger partial charge on any atom is -0.303 e. The molecule has 2 fully saturated rings. The van der Waals surface area contributed by atoms with Crippen molar-refractivity contribution >= 4 is 0 Å². The van der Waals surface area contributed by atoms with E-state index in [1.807, 2.05) is 18.2 Å². The van der Waals surface area contributed by atoms with Gasteiger partial charge in [-0.15, -0.1) is 0 Å². The first kappa shape index (κ1) is 16.5. The molecule has 2 saturated heterocycles. The molecule has 124 valence electrons. The fourth-order valence-corrected chi connectivity index (χ4v) is 3.93. The molecule has 0 saturated carbocycles. The topological polar surface area (TPSA) is 30.3 Å². The minimum atomic E-state index is 0.775. The zero-order valence-electron chi connectivity index (χ0n) is 14.4. The van der Waals surface area contributed by atoms with Crippen molar-refractivity contribution in [2.24, 2.45) is 11.8 Å². The van der Waals surface area contributed by atoms with Gasteiger partial charge >= 0.3 is 0 Å². The minimum absolute atomic E-state index is 0.775. The van der Waals surface area contributed by atoms with Crippen LogP contribution in [0.4, 0.5) is 0 Å². The van der Waals surface area contributed by atoms with Crippen LogP contribution >= 0.6 is 0 Å². The van der Waals surface area contributed by atoms with E-state index >= 15 is 0 Å². The molecule has 0 N–H and O–H groups in total. The van der Waals surface area contributed by atoms with Gasteiger partial charge in [0.15, 0.2) is 0 Å². The van der Waals surface area contributed by atoms with Crippen LogP contribution in [-0.2, 0) is 6.54 Å². The highest BCUT2D eigenvalue weighted by atomic mass is 15.2. The third kappa shape index (κ3) is 4.80. The molecular formula is C20H29N3. The van der Waals surface area contributed by atoms with E-state index in [0.29, 0.717) is 0 Å². The van der Waals surface area contributed by atoms with E-state index in [0.717, 1.165) is 23.9 Å². The molecule has 2 heterocycles. The standard InChI is InChI=1S/C20H29N3/c1-17-5-9-22(10-6-17)15-18-7-11-23(12-8-18)16-20-4-2-3-19(13-20)14-21/h2-4,13,17-18H,5-12,15-16H2,1H3. The first-order valence-electron chi connectivity index (χ1n) is 9.16. The summed E-state index contributed by atoms with van der Waals surface area (Å²) in [5.41, 5.74) is 2.05. The van der Waals surface area contributed by atoms with Crippen molar-refractivity contribution in [3.63, 3.8) is 0 Å². The summed E-state index contributed by atoms with van der Waals surface area (Å²) in [6, 6.07) is 10.3. The summed E-state index contributed by atoms with van der Waals surface area (Å²) in [6.45, 7) is 9.70. The van der Waals surface area contributed by atoms with E-state index in [4.69, 9.17) is 5.26 Å². The molecule has 0 aliphatic carbocycles. The zero-order chi connectivity index (χ0) is 16.1. The maximum Gasteiger partial charge on any atom is 0.0991 e. The van der Waals surface area contributed by atoms with E-state index in [9.17, 15) is 0 Å². The van der Waals surface area contributed by atoms with Crippen molar-refractivity contribution in [1.29, 1.82) is 5.26 Å². The van der Waals surface area contributed by atoms with Gasteiger partial charge in [-0.1, -0.05) is 19.1 Å². The van der Waals surface area contributed by atoms with Crippen LogP contribution in [0.25, 0.3) is 0 Å². The highest BCUT2D eigenvalue weighted by Gasteiger charge is 2.23. The smallest absolute Gasteiger partial charge is 0.0991 e. The second-order valence-electron chi connectivity index (χ2n) is 7.51. The van der Waals surface area contributed by atoms with Crippen LogP contribution in [0.15, 0.2) is 24.3 Å². The van der Waals surface area contributed by atoms with Gasteiger partial charge in [0.05, 0.1) is 11.6 Å². The van der Waals surface area contributed by atoms with E-state index in [1.165, 1.54) is 64.0 Å². The molecule has 3 nitrogen and oxygen atoms in total. The Hall–Kier alpha value is -1.37. The van der Waals surface area contributed by atoms with E-state index in [2.05, 4.69) is 28.9 Å². The third-order valence-electron chi connectivity index (χ3n) is 5.56. The average molecular weight is 311 g/mol. The number of hydrogen-bond acceptors (Lipinski definition) is 3. The van der Waals surface area contributed by atoms with Crippen molar-refractivity contribution in [3.8, 4) is 6.07 Å². The van der Waals surface area contributed by atoms with Gasteiger partial charge in [0.25, 0.3) is 0 Å². The largest absolute Gasteiger partial charge is 0.303 e. The predicted molar refractivity (Wildman–Crippen MR) is 94.0 cm³/mol. The van der Waals surface area contributed by atoms with Crippen LogP contribution in [0.2, 0.25) is 0 Å². The molecule has 23 heavy (non-hydrogen) atoms. The molecular weight excluding hydrogens is 282 g/mol. The van der Waals surface area contributed by atoms with Gasteiger partial charge in [0.2, 0.25) is 0 Å². The lowest BCUT2D eigenvalue weighted by Gasteiger charge is -2.37. The van der Waals surface area contributed by atoms with Crippen molar-refractivity contribution in [3.05, 3.63) is 35.4 Å². The van der Waals surface area contributed by atoms with Gasteiger partial charge in [-0.05, 0) is 81.4 Å². The summed E-state index contributed by atoms with van der Waals surface area (Å²) in [6.07, 6.45) is 5.41. The lowest BCUT2D eigenvalue weighted by Crippen LogP contribution is -2.41. The van der Waals surface area contributed by atoms with Crippen LogP contribution < -0.4 is 0 Å². The molecule has 0 radical (unpaired) electrons. The Balaban J connectivity index is 1.42. The summed E-state index contributed by atoms with van der Waals surface area (Å²) in [5, 5.41) is 9.01. The monoisotopic (exact) mass is 311 g/mol. The molecule has 1 aromatic rings. The highest BCUT2D eigenvalue weighted by Crippen LogP contribution is 2.23. The molecule has 2 aliphatic heterocycles. The second-order valence-corrected chi connectivity index (χ2v) is 7.51. The molecule has 0 spiro atoms. The van der Waals surface area contributed by atoms with Gasteiger partial charge in [-0.2, -0.15) is 5.26 Å². The molecule has 1 aromatic carbocycles. The van der Waals surface area contributed by atoms with Crippen molar-refractivity contribution in [1.82, 2.24) is 9.80 Å². The van der Waals surface area contributed by atoms with E-state index < -0.39 is 0 Å². The van der Waals surface area contributed by atoms with Gasteiger partial charge in [-0.3, -0.25) is 4.90 Å². The van der Waals surface area contributed by atoms with Crippen molar-refractivity contribution < 1.29 is 0 Å². The number of nitrogens with zero attached hydrogens (tertiary/aromatic N) is 3. The maximum atomic E-state index is 9.01. The summed E-state index contributed by atoms with van der Waals surface area (Å²) in [7, 11) is 0. The molecule has 2 aliphatic rings. The molecule has 3 heteroatoms. The first-order valence-corrected chi connectivity index (χ1v) is 9.16. The Morgan fingerprint density at radius 3 is 2.43 bits per heavy atom. The van der Waals surface area contributed by atoms with Crippen LogP contribution in [0, 0.1) is 23.2 Å². The average Bonchev–Trinajstić information content (AvgIpc) is 2.59. The Labute approximate surface area is 140 Å². The molecule has 3 rings (SSSR count). The van der Waals surface area contributed by atoms with Crippen molar-refractivity contribution in [2.45, 2.75) is 39.2 Å². The van der Waals surface area contributed by atoms with Crippen LogP contribution in [0.3, 0.4) is 0 Å². The van der Waals surface area contributed by atoms with Crippen molar-refractivity contribution in [2.75, 3.05) is 32.7 Å². The highest BCUT2D eigenvalue weighted by molar-refractivity contribution is 5.32. The Bertz CT molecular complexity index is 532. The quantitative estimate of drug-likeness (QED) is 0.852.